The van der Waals surface area contributed by atoms with Gasteiger partial charge >= 0.3 is 0 Å². The van der Waals surface area contributed by atoms with Gasteiger partial charge in [0.1, 0.15) is 0 Å². The van der Waals surface area contributed by atoms with Crippen molar-refractivity contribution in [2.75, 3.05) is 12.9 Å². The molecule has 0 unspecified atom stereocenters. The summed E-state index contributed by atoms with van der Waals surface area (Å²) in [6, 6.07) is 5.87. The Morgan fingerprint density at radius 3 is 2.47 bits per heavy atom. The van der Waals surface area contributed by atoms with E-state index in [-0.39, 0.29) is 12.5 Å². The van der Waals surface area contributed by atoms with Crippen molar-refractivity contribution >= 4 is 17.7 Å². The minimum atomic E-state index is -0.515. The molecule has 0 aromatic heterocycles. The predicted molar refractivity (Wildman–Crippen MR) is 80.8 cm³/mol. The maximum Gasteiger partial charge on any atom is 0.252 e. The Bertz CT molecular complexity index is 434. The molecule has 1 aromatic carbocycles. The smallest absolute Gasteiger partial charge is 0.252 e. The van der Waals surface area contributed by atoms with Crippen LogP contribution < -0.4 is 5.32 Å². The normalized spacial score (nSPS) is 11.4. The van der Waals surface area contributed by atoms with Crippen LogP contribution in [0, 0.1) is 6.92 Å². The van der Waals surface area contributed by atoms with E-state index in [9.17, 15) is 9.90 Å². The molecule has 106 valence electrons. The highest BCUT2D eigenvalue weighted by Gasteiger charge is 2.28. The van der Waals surface area contributed by atoms with Gasteiger partial charge in [0.25, 0.3) is 5.91 Å². The summed E-state index contributed by atoms with van der Waals surface area (Å²) in [5.41, 5.74) is 1.12. The highest BCUT2D eigenvalue weighted by Crippen LogP contribution is 2.21. The first-order chi connectivity index (χ1) is 9.01. The van der Waals surface area contributed by atoms with Crippen LogP contribution in [-0.4, -0.2) is 29.4 Å². The Kier molecular flexibility index (Phi) is 5.88. The zero-order chi connectivity index (χ0) is 14.5. The average molecular weight is 281 g/mol. The van der Waals surface area contributed by atoms with Gasteiger partial charge in [-0.3, -0.25) is 4.79 Å². The molecule has 4 heteroatoms. The lowest BCUT2D eigenvalue weighted by atomic mass is 9.93. The largest absolute Gasteiger partial charge is 0.394 e. The van der Waals surface area contributed by atoms with Gasteiger partial charge in [-0.2, -0.15) is 0 Å². The van der Waals surface area contributed by atoms with Gasteiger partial charge in [-0.1, -0.05) is 19.9 Å². The van der Waals surface area contributed by atoms with Crippen molar-refractivity contribution in [1.82, 2.24) is 5.32 Å². The number of aryl methyl sites for hydroxylation is 1. The van der Waals surface area contributed by atoms with Crippen LogP contribution in [0.4, 0.5) is 0 Å². The molecule has 0 radical (unpaired) electrons. The van der Waals surface area contributed by atoms with E-state index in [0.717, 1.165) is 10.5 Å². The van der Waals surface area contributed by atoms with Gasteiger partial charge in [-0.15, -0.1) is 11.8 Å². The van der Waals surface area contributed by atoms with Gasteiger partial charge < -0.3 is 10.4 Å². The topological polar surface area (TPSA) is 49.3 Å². The van der Waals surface area contributed by atoms with E-state index < -0.39 is 5.54 Å². The Balaban J connectivity index is 3.00. The van der Waals surface area contributed by atoms with Crippen molar-refractivity contribution in [3.05, 3.63) is 29.3 Å². The number of aliphatic hydroxyl groups excluding tert-OH is 1. The number of benzene rings is 1. The molecule has 0 aliphatic carbocycles. The van der Waals surface area contributed by atoms with Crippen molar-refractivity contribution < 1.29 is 9.90 Å². The fraction of sp³-hybridized carbons (Fsp3) is 0.533. The average Bonchev–Trinajstić information content (AvgIpc) is 2.45. The van der Waals surface area contributed by atoms with Crippen LogP contribution in [0.25, 0.3) is 0 Å². The maximum absolute atomic E-state index is 12.4. The fourth-order valence-corrected chi connectivity index (χ4v) is 2.41. The van der Waals surface area contributed by atoms with E-state index in [1.165, 1.54) is 0 Å². The lowest BCUT2D eigenvalue weighted by molar-refractivity contribution is 0.0817. The molecule has 1 amide bonds. The number of carbonyl (C=O) groups excluding carboxylic acids is 1. The first-order valence-electron chi connectivity index (χ1n) is 6.60. The molecule has 0 spiro atoms. The van der Waals surface area contributed by atoms with E-state index in [1.807, 2.05) is 45.2 Å². The minimum Gasteiger partial charge on any atom is -0.394 e. The van der Waals surface area contributed by atoms with Gasteiger partial charge in [0, 0.05) is 10.5 Å². The molecule has 0 aliphatic rings. The second-order valence-corrected chi connectivity index (χ2v) is 5.66. The van der Waals surface area contributed by atoms with Gasteiger partial charge in [-0.05, 0) is 43.7 Å². The van der Waals surface area contributed by atoms with E-state index in [2.05, 4.69) is 5.32 Å². The number of thioether (sulfide) groups is 1. The quantitative estimate of drug-likeness (QED) is 0.788. The van der Waals surface area contributed by atoms with E-state index in [4.69, 9.17) is 0 Å². The Morgan fingerprint density at radius 2 is 2.00 bits per heavy atom. The predicted octanol–water partition coefficient (Wildman–Crippen LogP) is 3.00. The Morgan fingerprint density at radius 1 is 1.37 bits per heavy atom. The molecule has 19 heavy (non-hydrogen) atoms. The molecule has 0 saturated heterocycles. The first-order valence-corrected chi connectivity index (χ1v) is 7.82. The highest BCUT2D eigenvalue weighted by atomic mass is 32.2. The number of hydrogen-bond acceptors (Lipinski definition) is 3. The van der Waals surface area contributed by atoms with Crippen LogP contribution in [0.5, 0.6) is 0 Å². The Labute approximate surface area is 119 Å². The van der Waals surface area contributed by atoms with Crippen LogP contribution in [-0.2, 0) is 0 Å². The molecule has 3 nitrogen and oxygen atoms in total. The van der Waals surface area contributed by atoms with E-state index in [1.54, 1.807) is 11.8 Å². The summed E-state index contributed by atoms with van der Waals surface area (Å²) < 4.78 is 0. The lowest BCUT2D eigenvalue weighted by Gasteiger charge is -2.31. The van der Waals surface area contributed by atoms with Crippen LogP contribution >= 0.6 is 11.8 Å². The van der Waals surface area contributed by atoms with Crippen molar-refractivity contribution in [2.24, 2.45) is 0 Å². The van der Waals surface area contributed by atoms with Gasteiger partial charge in [0.2, 0.25) is 0 Å². The molecule has 0 bridgehead atoms. The summed E-state index contributed by atoms with van der Waals surface area (Å²) in [5, 5.41) is 12.5. The SMILES string of the molecule is CCC(CC)(CO)NC(=O)c1cc(SC)ccc1C. The number of aliphatic hydroxyl groups is 1. The number of hydrogen-bond donors (Lipinski definition) is 2. The van der Waals surface area contributed by atoms with E-state index in [0.29, 0.717) is 18.4 Å². The maximum atomic E-state index is 12.4. The lowest BCUT2D eigenvalue weighted by Crippen LogP contribution is -2.50. The molecular formula is C15H23NO2S. The molecule has 0 aliphatic heterocycles. The van der Waals surface area contributed by atoms with Crippen LogP contribution in [0.15, 0.2) is 23.1 Å². The first kappa shape index (κ1) is 16.1. The molecule has 0 atom stereocenters. The fourth-order valence-electron chi connectivity index (χ4n) is 1.97. The van der Waals surface area contributed by atoms with E-state index >= 15 is 0 Å². The highest BCUT2D eigenvalue weighted by molar-refractivity contribution is 7.98. The number of carbonyl (C=O) groups is 1. The van der Waals surface area contributed by atoms with Crippen molar-refractivity contribution in [3.63, 3.8) is 0 Å². The van der Waals surface area contributed by atoms with Crippen LogP contribution in [0.1, 0.15) is 42.6 Å². The molecule has 0 saturated carbocycles. The van der Waals surface area contributed by atoms with Gasteiger partial charge in [0.15, 0.2) is 0 Å². The summed E-state index contributed by atoms with van der Waals surface area (Å²) in [6.07, 6.45) is 3.42. The zero-order valence-electron chi connectivity index (χ0n) is 12.1. The molecule has 0 fully saturated rings. The van der Waals surface area contributed by atoms with Crippen molar-refractivity contribution in [3.8, 4) is 0 Å². The monoisotopic (exact) mass is 281 g/mol. The molecule has 0 heterocycles. The summed E-state index contributed by atoms with van der Waals surface area (Å²) in [5.74, 6) is -0.105. The number of rotatable bonds is 6. The zero-order valence-corrected chi connectivity index (χ0v) is 12.9. The van der Waals surface area contributed by atoms with Crippen molar-refractivity contribution in [1.29, 1.82) is 0 Å². The standard InChI is InChI=1S/C15H23NO2S/c1-5-15(6-2,10-17)16-14(18)13-9-12(19-4)8-7-11(13)3/h7-9,17H,5-6,10H2,1-4H3,(H,16,18). The minimum absolute atomic E-state index is 0.0347. The van der Waals surface area contributed by atoms with Crippen molar-refractivity contribution in [2.45, 2.75) is 44.0 Å². The summed E-state index contributed by atoms with van der Waals surface area (Å²) in [6.45, 7) is 5.85. The molecule has 2 N–H and O–H groups in total. The molecule has 1 rings (SSSR count). The van der Waals surface area contributed by atoms with Crippen LogP contribution in [0.2, 0.25) is 0 Å². The summed E-state index contributed by atoms with van der Waals surface area (Å²) in [4.78, 5) is 13.5. The second kappa shape index (κ2) is 6.96. The third-order valence-electron chi connectivity index (χ3n) is 3.72. The molecular weight excluding hydrogens is 258 g/mol. The number of amides is 1. The van der Waals surface area contributed by atoms with Gasteiger partial charge in [0.05, 0.1) is 12.1 Å². The Hall–Kier alpha value is -1.00. The third-order valence-corrected chi connectivity index (χ3v) is 4.45. The van der Waals surface area contributed by atoms with Crippen LogP contribution in [0.3, 0.4) is 0 Å². The van der Waals surface area contributed by atoms with Gasteiger partial charge in [-0.25, -0.2) is 0 Å². The molecule has 1 aromatic rings. The number of nitrogens with one attached hydrogen (secondary N) is 1. The summed E-state index contributed by atoms with van der Waals surface area (Å²) >= 11 is 1.61. The second-order valence-electron chi connectivity index (χ2n) is 4.78. The third kappa shape index (κ3) is 3.74. The summed E-state index contributed by atoms with van der Waals surface area (Å²) in [7, 11) is 0.